The van der Waals surface area contributed by atoms with E-state index in [2.05, 4.69) is 27.7 Å². The Balaban J connectivity index is 1.93. The zero-order valence-corrected chi connectivity index (χ0v) is 13.6. The second kappa shape index (κ2) is 5.43. The number of fused-ring (bicyclic) bond motifs is 1. The summed E-state index contributed by atoms with van der Waals surface area (Å²) in [4.78, 5) is 8.92. The van der Waals surface area contributed by atoms with Crippen LogP contribution in [0.4, 0.5) is 5.69 Å². The van der Waals surface area contributed by atoms with Crippen molar-refractivity contribution in [2.24, 2.45) is 0 Å². The molecule has 0 saturated carbocycles. The number of H-pyrrole nitrogens is 1. The van der Waals surface area contributed by atoms with Crippen molar-refractivity contribution in [3.05, 3.63) is 40.0 Å². The number of benzene rings is 1. The van der Waals surface area contributed by atoms with E-state index >= 15 is 0 Å². The minimum atomic E-state index is 0.678. The van der Waals surface area contributed by atoms with Crippen LogP contribution in [-0.2, 0) is 0 Å². The third kappa shape index (κ3) is 2.50. The number of anilines is 1. The van der Waals surface area contributed by atoms with E-state index in [0.29, 0.717) is 5.56 Å². The van der Waals surface area contributed by atoms with E-state index in [-0.39, 0.29) is 0 Å². The molecule has 1 aromatic carbocycles. The molecule has 0 aliphatic rings. The fraction of sp³-hybridized carbons (Fsp3) is 0.200. The molecular formula is C15H14N4S2. The molecule has 0 radical (unpaired) electrons. The lowest BCUT2D eigenvalue weighted by molar-refractivity contribution is 1.14. The Bertz CT molecular complexity index is 835. The second-order valence-electron chi connectivity index (χ2n) is 4.82. The van der Waals surface area contributed by atoms with E-state index in [1.807, 2.05) is 26.0 Å². The highest BCUT2D eigenvalue weighted by molar-refractivity contribution is 8.02. The van der Waals surface area contributed by atoms with Crippen LogP contribution in [0.2, 0.25) is 0 Å². The van der Waals surface area contributed by atoms with Crippen molar-refractivity contribution < 1.29 is 0 Å². The van der Waals surface area contributed by atoms with Gasteiger partial charge in [0.1, 0.15) is 6.07 Å². The van der Waals surface area contributed by atoms with Gasteiger partial charge in [0.25, 0.3) is 0 Å². The zero-order valence-electron chi connectivity index (χ0n) is 11.9. The molecule has 21 heavy (non-hydrogen) atoms. The number of thiazole rings is 1. The van der Waals surface area contributed by atoms with E-state index in [4.69, 9.17) is 0 Å². The highest BCUT2D eigenvalue weighted by Gasteiger charge is 2.11. The number of aromatic nitrogens is 2. The van der Waals surface area contributed by atoms with Gasteiger partial charge in [-0.2, -0.15) is 5.26 Å². The van der Waals surface area contributed by atoms with E-state index in [1.165, 1.54) is 16.8 Å². The van der Waals surface area contributed by atoms with Crippen LogP contribution in [0.1, 0.15) is 21.7 Å². The lowest BCUT2D eigenvalue weighted by Crippen LogP contribution is -1.89. The fourth-order valence-electron chi connectivity index (χ4n) is 2.18. The van der Waals surface area contributed by atoms with Crippen molar-refractivity contribution in [3.8, 4) is 6.07 Å². The summed E-state index contributed by atoms with van der Waals surface area (Å²) in [6.45, 7) is 6.11. The molecule has 106 valence electrons. The summed E-state index contributed by atoms with van der Waals surface area (Å²) in [5.74, 6) is 0. The first-order chi connectivity index (χ1) is 10.1. The van der Waals surface area contributed by atoms with Crippen LogP contribution in [0.15, 0.2) is 22.7 Å². The summed E-state index contributed by atoms with van der Waals surface area (Å²) in [6, 6.07) is 6.28. The molecule has 0 bridgehead atoms. The smallest absolute Gasteiger partial charge is 0.170 e. The van der Waals surface area contributed by atoms with Crippen LogP contribution in [-0.4, -0.2) is 9.97 Å². The van der Waals surface area contributed by atoms with Gasteiger partial charge in [-0.1, -0.05) is 6.07 Å². The predicted octanol–water partition coefficient (Wildman–Crippen LogP) is 4.54. The van der Waals surface area contributed by atoms with E-state index in [0.717, 1.165) is 32.2 Å². The lowest BCUT2D eigenvalue weighted by atomic mass is 10.1. The standard InChI is InChI=1S/C15H14N4S2/c1-8-4-5-12(14-13(8)11(6-16)7-17-14)19-21-15-18-9(2)10(3)20-15/h4-5,7,17,19H,1-3H3. The highest BCUT2D eigenvalue weighted by Crippen LogP contribution is 2.33. The first kappa shape index (κ1) is 14.0. The van der Waals surface area contributed by atoms with E-state index < -0.39 is 0 Å². The number of hydrogen-bond donors (Lipinski definition) is 2. The fourth-order valence-corrected chi connectivity index (χ4v) is 4.03. The molecule has 2 heterocycles. The Labute approximate surface area is 131 Å². The number of nitrogens with one attached hydrogen (secondary N) is 2. The SMILES string of the molecule is Cc1nc(SNc2ccc(C)c3c(C#N)c[nH]c23)sc1C. The Morgan fingerprint density at radius 3 is 2.81 bits per heavy atom. The number of aromatic amines is 1. The minimum absolute atomic E-state index is 0.678. The van der Waals surface area contributed by atoms with Gasteiger partial charge in [-0.05, 0) is 32.4 Å². The largest absolute Gasteiger partial charge is 0.358 e. The molecule has 2 aromatic heterocycles. The Kier molecular flexibility index (Phi) is 3.62. The van der Waals surface area contributed by atoms with Gasteiger partial charge in [-0.15, -0.1) is 11.3 Å². The second-order valence-corrected chi connectivity index (χ2v) is 7.08. The monoisotopic (exact) mass is 314 g/mol. The van der Waals surface area contributed by atoms with Crippen LogP contribution in [0, 0.1) is 32.1 Å². The first-order valence-electron chi connectivity index (χ1n) is 6.48. The summed E-state index contributed by atoms with van der Waals surface area (Å²) < 4.78 is 4.32. The number of nitriles is 1. The van der Waals surface area contributed by atoms with Crippen molar-refractivity contribution in [1.29, 1.82) is 5.26 Å². The van der Waals surface area contributed by atoms with Crippen molar-refractivity contribution >= 4 is 39.9 Å². The molecule has 0 atom stereocenters. The summed E-state index contributed by atoms with van der Waals surface area (Å²) in [6.07, 6.45) is 1.76. The Hall–Kier alpha value is -1.97. The van der Waals surface area contributed by atoms with Gasteiger partial charge in [-0.3, -0.25) is 0 Å². The van der Waals surface area contributed by atoms with Crippen LogP contribution in [0.3, 0.4) is 0 Å². The quantitative estimate of drug-likeness (QED) is 0.697. The Morgan fingerprint density at radius 2 is 2.14 bits per heavy atom. The molecule has 0 aliphatic carbocycles. The maximum absolute atomic E-state index is 9.18. The highest BCUT2D eigenvalue weighted by atomic mass is 32.2. The van der Waals surface area contributed by atoms with Crippen molar-refractivity contribution in [2.45, 2.75) is 25.1 Å². The van der Waals surface area contributed by atoms with Crippen LogP contribution in [0.5, 0.6) is 0 Å². The number of hydrogen-bond acceptors (Lipinski definition) is 5. The number of nitrogens with zero attached hydrogens (tertiary/aromatic N) is 2. The maximum atomic E-state index is 9.18. The summed E-state index contributed by atoms with van der Waals surface area (Å²) in [7, 11) is 0. The molecule has 0 unspecified atom stereocenters. The van der Waals surface area contributed by atoms with Gasteiger partial charge in [0.05, 0.1) is 22.5 Å². The van der Waals surface area contributed by atoms with Gasteiger partial charge >= 0.3 is 0 Å². The Morgan fingerprint density at radius 1 is 1.33 bits per heavy atom. The van der Waals surface area contributed by atoms with Gasteiger partial charge in [0.15, 0.2) is 4.34 Å². The average Bonchev–Trinajstić information content (AvgIpc) is 3.03. The molecule has 4 nitrogen and oxygen atoms in total. The predicted molar refractivity (Wildman–Crippen MR) is 88.8 cm³/mol. The van der Waals surface area contributed by atoms with Crippen molar-refractivity contribution in [3.63, 3.8) is 0 Å². The molecule has 0 saturated heterocycles. The summed E-state index contributed by atoms with van der Waals surface area (Å²) >= 11 is 3.18. The van der Waals surface area contributed by atoms with Gasteiger partial charge in [0, 0.05) is 28.4 Å². The van der Waals surface area contributed by atoms with Crippen LogP contribution < -0.4 is 4.72 Å². The van der Waals surface area contributed by atoms with Crippen molar-refractivity contribution in [1.82, 2.24) is 9.97 Å². The van der Waals surface area contributed by atoms with Crippen LogP contribution in [0.25, 0.3) is 10.9 Å². The third-order valence-corrected chi connectivity index (χ3v) is 5.38. The summed E-state index contributed by atoms with van der Waals surface area (Å²) in [5.41, 5.74) is 4.78. The molecular weight excluding hydrogens is 300 g/mol. The van der Waals surface area contributed by atoms with Gasteiger partial charge < -0.3 is 9.71 Å². The molecule has 3 aromatic rings. The van der Waals surface area contributed by atoms with Gasteiger partial charge in [0.2, 0.25) is 0 Å². The third-order valence-electron chi connectivity index (χ3n) is 3.42. The maximum Gasteiger partial charge on any atom is 0.170 e. The van der Waals surface area contributed by atoms with E-state index in [1.54, 1.807) is 17.5 Å². The molecule has 6 heteroatoms. The number of aryl methyl sites for hydroxylation is 3. The minimum Gasteiger partial charge on any atom is -0.358 e. The molecule has 0 aliphatic heterocycles. The molecule has 0 amide bonds. The molecule has 3 rings (SSSR count). The first-order valence-corrected chi connectivity index (χ1v) is 8.11. The molecule has 2 N–H and O–H groups in total. The topological polar surface area (TPSA) is 64.5 Å². The molecule has 0 fully saturated rings. The molecule has 0 spiro atoms. The van der Waals surface area contributed by atoms with Crippen molar-refractivity contribution in [2.75, 3.05) is 4.72 Å². The summed E-state index contributed by atoms with van der Waals surface area (Å²) in [5, 5.41) is 10.2. The normalized spacial score (nSPS) is 10.8. The zero-order chi connectivity index (χ0) is 15.0. The van der Waals surface area contributed by atoms with Crippen LogP contribution >= 0.6 is 23.3 Å². The average molecular weight is 314 g/mol. The lowest BCUT2D eigenvalue weighted by Gasteiger charge is -2.06. The van der Waals surface area contributed by atoms with E-state index in [9.17, 15) is 5.26 Å². The number of rotatable bonds is 3. The van der Waals surface area contributed by atoms with Gasteiger partial charge in [-0.25, -0.2) is 4.98 Å².